The fourth-order valence-corrected chi connectivity index (χ4v) is 4.90. The minimum absolute atomic E-state index is 0.0192. The first-order valence-corrected chi connectivity index (χ1v) is 12.7. The number of methoxy groups -OCH3 is 1. The third-order valence-corrected chi connectivity index (χ3v) is 7.14. The van der Waals surface area contributed by atoms with Crippen LogP contribution >= 0.6 is 0 Å². The lowest BCUT2D eigenvalue weighted by Gasteiger charge is -2.24. The highest BCUT2D eigenvalue weighted by molar-refractivity contribution is 5.76. The van der Waals surface area contributed by atoms with Crippen molar-refractivity contribution in [3.63, 3.8) is 0 Å². The summed E-state index contributed by atoms with van der Waals surface area (Å²) in [6.07, 6.45) is -17.7. The Balaban J connectivity index is 1.80. The maximum absolute atomic E-state index is 14.5. The van der Waals surface area contributed by atoms with Gasteiger partial charge in [0.1, 0.15) is 17.7 Å². The number of carbonyl (C=O) groups excluding carboxylic acids is 1. The van der Waals surface area contributed by atoms with Gasteiger partial charge in [-0.05, 0) is 72.0 Å². The average Bonchev–Trinajstić information content (AvgIpc) is 3.19. The Labute approximate surface area is 238 Å². The zero-order valence-electron chi connectivity index (χ0n) is 22.6. The minimum atomic E-state index is -5.15. The molecular formula is C29H23F10NO3. The molecule has 4 rings (SSSR count). The van der Waals surface area contributed by atoms with Crippen LogP contribution in [0.15, 0.2) is 48.5 Å². The number of halogens is 10. The summed E-state index contributed by atoms with van der Waals surface area (Å²) in [7, 11) is 1.22. The SMILES string of the molecule is CCc1cc(-c2ccc(C(F)(F)F)cc2CN2C(=O)O[C@H](c3cc(C(F)(F)F)cc(C(F)(F)F)c3)[C@@H]2C)c(OC)cc1F. The standard InChI is InChI=1S/C29H23F10NO3/c1-4-15-10-22(24(42-3)12-23(15)30)21-6-5-18(27(31,32)33)9-17(21)13-40-14(2)25(43-26(40)41)16-7-19(28(34,35)36)11-20(8-16)29(37,38)39/h5-12,14,25H,4,13H2,1-3H3/t14-,25-/m0/s1. The van der Waals surface area contributed by atoms with E-state index < -0.39 is 71.4 Å². The molecule has 0 aliphatic carbocycles. The van der Waals surface area contributed by atoms with Crippen LogP contribution in [0.4, 0.5) is 48.7 Å². The highest BCUT2D eigenvalue weighted by Crippen LogP contribution is 2.43. The Bertz CT molecular complexity index is 1500. The van der Waals surface area contributed by atoms with Crippen LogP contribution in [0.1, 0.15) is 53.3 Å². The molecule has 0 unspecified atom stereocenters. The van der Waals surface area contributed by atoms with Gasteiger partial charge in [0, 0.05) is 11.6 Å². The third kappa shape index (κ3) is 6.52. The maximum atomic E-state index is 14.5. The first-order valence-electron chi connectivity index (χ1n) is 12.7. The second-order valence-corrected chi connectivity index (χ2v) is 9.88. The van der Waals surface area contributed by atoms with E-state index in [1.165, 1.54) is 20.1 Å². The van der Waals surface area contributed by atoms with Gasteiger partial charge in [0.25, 0.3) is 0 Å². The van der Waals surface area contributed by atoms with Gasteiger partial charge < -0.3 is 9.47 Å². The predicted molar refractivity (Wildman–Crippen MR) is 133 cm³/mol. The number of rotatable bonds is 6. The van der Waals surface area contributed by atoms with E-state index in [4.69, 9.17) is 9.47 Å². The Morgan fingerprint density at radius 3 is 1.88 bits per heavy atom. The van der Waals surface area contributed by atoms with Gasteiger partial charge in [0.2, 0.25) is 0 Å². The van der Waals surface area contributed by atoms with E-state index in [0.29, 0.717) is 12.1 Å². The van der Waals surface area contributed by atoms with Crippen LogP contribution < -0.4 is 4.74 Å². The van der Waals surface area contributed by atoms with E-state index in [9.17, 15) is 48.7 Å². The fraction of sp³-hybridized carbons (Fsp3) is 0.345. The minimum Gasteiger partial charge on any atom is -0.496 e. The monoisotopic (exact) mass is 623 g/mol. The lowest BCUT2D eigenvalue weighted by Crippen LogP contribution is -2.32. The van der Waals surface area contributed by atoms with Crippen molar-refractivity contribution in [3.8, 4) is 16.9 Å². The molecule has 1 heterocycles. The second-order valence-electron chi connectivity index (χ2n) is 9.88. The molecule has 1 amide bonds. The largest absolute Gasteiger partial charge is 0.496 e. The molecule has 0 radical (unpaired) electrons. The summed E-state index contributed by atoms with van der Waals surface area (Å²) in [5.74, 6) is -0.635. The number of cyclic esters (lactones) is 1. The molecular weight excluding hydrogens is 600 g/mol. The van der Waals surface area contributed by atoms with Gasteiger partial charge >= 0.3 is 24.6 Å². The number of alkyl halides is 9. The molecule has 1 aliphatic heterocycles. The summed E-state index contributed by atoms with van der Waals surface area (Å²) in [6.45, 7) is 2.36. The van der Waals surface area contributed by atoms with Crippen molar-refractivity contribution >= 4 is 6.09 Å². The summed E-state index contributed by atoms with van der Waals surface area (Å²) in [6, 6.07) is 4.67. The number of amides is 1. The van der Waals surface area contributed by atoms with Gasteiger partial charge in [-0.3, -0.25) is 4.90 Å². The van der Waals surface area contributed by atoms with Crippen molar-refractivity contribution in [3.05, 3.63) is 87.7 Å². The molecule has 0 aromatic heterocycles. The Morgan fingerprint density at radius 2 is 1.37 bits per heavy atom. The summed E-state index contributed by atoms with van der Waals surface area (Å²) < 4.78 is 146. The molecule has 1 aliphatic rings. The van der Waals surface area contributed by atoms with E-state index in [0.717, 1.165) is 29.2 Å². The molecule has 1 fully saturated rings. The lowest BCUT2D eigenvalue weighted by molar-refractivity contribution is -0.143. The van der Waals surface area contributed by atoms with Crippen LogP contribution in [0.25, 0.3) is 11.1 Å². The first-order chi connectivity index (χ1) is 19.8. The van der Waals surface area contributed by atoms with E-state index in [2.05, 4.69) is 0 Å². The van der Waals surface area contributed by atoms with Crippen molar-refractivity contribution in [1.29, 1.82) is 0 Å². The van der Waals surface area contributed by atoms with E-state index in [-0.39, 0.29) is 40.5 Å². The van der Waals surface area contributed by atoms with Crippen LogP contribution in [0.2, 0.25) is 0 Å². The van der Waals surface area contributed by atoms with Crippen LogP contribution in [0.5, 0.6) is 5.75 Å². The summed E-state index contributed by atoms with van der Waals surface area (Å²) in [5, 5.41) is 0. The zero-order valence-corrected chi connectivity index (χ0v) is 22.6. The van der Waals surface area contributed by atoms with Gasteiger partial charge in [-0.25, -0.2) is 9.18 Å². The molecule has 3 aromatic carbocycles. The zero-order chi connectivity index (χ0) is 32.1. The molecule has 232 valence electrons. The number of ether oxygens (including phenoxy) is 2. The molecule has 1 saturated heterocycles. The first kappa shape index (κ1) is 32.0. The van der Waals surface area contributed by atoms with Crippen LogP contribution in [0.3, 0.4) is 0 Å². The Hall–Kier alpha value is -3.97. The van der Waals surface area contributed by atoms with Crippen LogP contribution in [0, 0.1) is 5.82 Å². The van der Waals surface area contributed by atoms with Gasteiger partial charge in [0.15, 0.2) is 0 Å². The van der Waals surface area contributed by atoms with Crippen molar-refractivity contribution in [2.45, 2.75) is 57.5 Å². The van der Waals surface area contributed by atoms with E-state index in [1.54, 1.807) is 6.92 Å². The second kappa shape index (κ2) is 11.3. The fourth-order valence-electron chi connectivity index (χ4n) is 4.90. The molecule has 3 aromatic rings. The molecule has 0 N–H and O–H groups in total. The van der Waals surface area contributed by atoms with Gasteiger partial charge in [0.05, 0.1) is 36.4 Å². The number of hydrogen-bond donors (Lipinski definition) is 0. The quantitative estimate of drug-likeness (QED) is 0.257. The van der Waals surface area contributed by atoms with Crippen molar-refractivity contribution in [2.24, 2.45) is 0 Å². The Morgan fingerprint density at radius 1 is 0.791 bits per heavy atom. The van der Waals surface area contributed by atoms with Gasteiger partial charge in [-0.2, -0.15) is 39.5 Å². The maximum Gasteiger partial charge on any atom is 0.416 e. The van der Waals surface area contributed by atoms with Gasteiger partial charge in [-0.1, -0.05) is 13.0 Å². The third-order valence-electron chi connectivity index (χ3n) is 7.14. The molecule has 43 heavy (non-hydrogen) atoms. The summed E-state index contributed by atoms with van der Waals surface area (Å²) in [4.78, 5) is 13.8. The average molecular weight is 623 g/mol. The predicted octanol–water partition coefficient (Wildman–Crippen LogP) is 9.20. The van der Waals surface area contributed by atoms with E-state index >= 15 is 0 Å². The van der Waals surface area contributed by atoms with E-state index in [1.807, 2.05) is 0 Å². The molecule has 0 bridgehead atoms. The molecule has 0 saturated carbocycles. The number of aryl methyl sites for hydroxylation is 1. The van der Waals surface area contributed by atoms with Crippen molar-refractivity contribution in [1.82, 2.24) is 4.90 Å². The van der Waals surface area contributed by atoms with Gasteiger partial charge in [-0.15, -0.1) is 0 Å². The summed E-state index contributed by atoms with van der Waals surface area (Å²) in [5.41, 5.74) is -4.47. The lowest BCUT2D eigenvalue weighted by atomic mass is 9.93. The number of carbonyl (C=O) groups is 1. The smallest absolute Gasteiger partial charge is 0.416 e. The number of hydrogen-bond acceptors (Lipinski definition) is 3. The molecule has 2 atom stereocenters. The summed E-state index contributed by atoms with van der Waals surface area (Å²) >= 11 is 0. The normalized spacial score (nSPS) is 17.8. The number of benzene rings is 3. The molecule has 14 heteroatoms. The van der Waals surface area contributed by atoms with Crippen molar-refractivity contribution in [2.75, 3.05) is 7.11 Å². The van der Waals surface area contributed by atoms with Crippen molar-refractivity contribution < 1.29 is 58.2 Å². The molecule has 0 spiro atoms. The number of nitrogens with zero attached hydrogens (tertiary/aromatic N) is 1. The van der Waals surface area contributed by atoms with Crippen LogP contribution in [-0.2, 0) is 36.2 Å². The topological polar surface area (TPSA) is 38.8 Å². The Kier molecular flexibility index (Phi) is 8.37. The van der Waals surface area contributed by atoms with Crippen LogP contribution in [-0.4, -0.2) is 24.1 Å². The highest BCUT2D eigenvalue weighted by Gasteiger charge is 2.44. The highest BCUT2D eigenvalue weighted by atomic mass is 19.4. The molecule has 4 nitrogen and oxygen atoms in total.